The number of fused-ring (bicyclic) bond motifs is 1. The van der Waals surface area contributed by atoms with Crippen molar-refractivity contribution < 1.29 is 19.8 Å². The largest absolute Gasteiger partial charge is 0.463 e. The van der Waals surface area contributed by atoms with Gasteiger partial charge in [-0.3, -0.25) is 4.79 Å². The molecule has 5 rings (SSSR count). The van der Waals surface area contributed by atoms with E-state index in [0.717, 1.165) is 4.68 Å². The Bertz CT molecular complexity index is 1520. The van der Waals surface area contributed by atoms with Crippen molar-refractivity contribution in [3.05, 3.63) is 60.2 Å². The molecular weight excluding hydrogens is 464 g/mol. The molecule has 3 N–H and O–H groups in total. The van der Waals surface area contributed by atoms with Gasteiger partial charge in [-0.15, -0.1) is 0 Å². The normalized spacial score (nSPS) is 14.9. The average Bonchev–Trinajstić information content (AvgIpc) is 3.52. The molecule has 1 aromatic carbocycles. The standard InChI is InChI=1S/C24H20N8O4/c33-18-7-10-31(14-18)21(34)13-27-23-26-9-6-19(30-23)22-25-8-5-17(29-22)3-1-15-2-4-20-16(11-15)12-28-32(20)24(35)36/h2,4-6,8-9,11-12,18,33H,7,10,13-14H2,(H,35,36)(H,26,27,30). The summed E-state index contributed by atoms with van der Waals surface area (Å²) in [6, 6.07) is 8.44. The number of hydrogen-bond donors (Lipinski definition) is 3. The molecule has 1 saturated heterocycles. The molecule has 1 amide bonds. The van der Waals surface area contributed by atoms with E-state index in [-0.39, 0.29) is 18.4 Å². The predicted octanol–water partition coefficient (Wildman–Crippen LogP) is 1.21. The Morgan fingerprint density at radius 2 is 1.97 bits per heavy atom. The van der Waals surface area contributed by atoms with Crippen molar-refractivity contribution in [2.75, 3.05) is 25.0 Å². The van der Waals surface area contributed by atoms with Crippen molar-refractivity contribution in [2.24, 2.45) is 0 Å². The van der Waals surface area contributed by atoms with Gasteiger partial charge < -0.3 is 20.4 Å². The lowest BCUT2D eigenvalue weighted by Crippen LogP contribution is -2.34. The second-order valence-electron chi connectivity index (χ2n) is 8.03. The van der Waals surface area contributed by atoms with E-state index in [1.165, 1.54) is 6.20 Å². The van der Waals surface area contributed by atoms with Crippen molar-refractivity contribution in [2.45, 2.75) is 12.5 Å². The number of hydrogen-bond acceptors (Lipinski definition) is 9. The summed E-state index contributed by atoms with van der Waals surface area (Å²) in [5.41, 5.74) is 2.08. The predicted molar refractivity (Wildman–Crippen MR) is 128 cm³/mol. The molecule has 1 aliphatic rings. The first-order valence-corrected chi connectivity index (χ1v) is 11.1. The van der Waals surface area contributed by atoms with Crippen molar-refractivity contribution in [1.82, 2.24) is 34.6 Å². The van der Waals surface area contributed by atoms with E-state index >= 15 is 0 Å². The van der Waals surface area contributed by atoms with Crippen LogP contribution in [0.4, 0.5) is 10.7 Å². The van der Waals surface area contributed by atoms with Gasteiger partial charge in [-0.05, 0) is 42.7 Å². The topological polar surface area (TPSA) is 159 Å². The Morgan fingerprint density at radius 1 is 1.11 bits per heavy atom. The van der Waals surface area contributed by atoms with E-state index in [1.54, 1.807) is 47.6 Å². The van der Waals surface area contributed by atoms with Gasteiger partial charge in [0, 0.05) is 36.4 Å². The minimum absolute atomic E-state index is 0.0122. The van der Waals surface area contributed by atoms with Crippen molar-refractivity contribution in [3.8, 4) is 23.4 Å². The quantitative estimate of drug-likeness (QED) is 0.359. The Balaban J connectivity index is 1.30. The zero-order valence-electron chi connectivity index (χ0n) is 18.9. The molecule has 1 fully saturated rings. The maximum Gasteiger partial charge on any atom is 0.432 e. The Kier molecular flexibility index (Phi) is 6.21. The van der Waals surface area contributed by atoms with Gasteiger partial charge in [0.1, 0.15) is 11.4 Å². The van der Waals surface area contributed by atoms with Crippen LogP contribution in [-0.4, -0.2) is 82.6 Å². The van der Waals surface area contributed by atoms with Crippen LogP contribution in [0.3, 0.4) is 0 Å². The monoisotopic (exact) mass is 484 g/mol. The first-order chi connectivity index (χ1) is 17.5. The number of β-amino-alcohol motifs (C(OH)–C–C–N with tert-alkyl or cyclic N) is 1. The SMILES string of the molecule is O=C(CNc1nccc(-c2nccc(C#Cc3ccc4c(cnn4C(=O)O)c3)n2)n1)N1CCC(O)C1. The van der Waals surface area contributed by atoms with Gasteiger partial charge in [-0.25, -0.2) is 24.7 Å². The van der Waals surface area contributed by atoms with Gasteiger partial charge in [-0.2, -0.15) is 9.78 Å². The van der Waals surface area contributed by atoms with Crippen LogP contribution in [0.1, 0.15) is 17.7 Å². The van der Waals surface area contributed by atoms with Crippen LogP contribution in [-0.2, 0) is 4.79 Å². The van der Waals surface area contributed by atoms with Crippen LogP contribution in [0.5, 0.6) is 0 Å². The first kappa shape index (κ1) is 22.9. The number of carbonyl (C=O) groups excluding carboxylic acids is 1. The smallest absolute Gasteiger partial charge is 0.432 e. The number of benzene rings is 1. The molecule has 180 valence electrons. The molecule has 0 bridgehead atoms. The van der Waals surface area contributed by atoms with Crippen LogP contribution in [0, 0.1) is 11.8 Å². The van der Waals surface area contributed by atoms with Crippen molar-refractivity contribution in [1.29, 1.82) is 0 Å². The highest BCUT2D eigenvalue weighted by atomic mass is 16.4. The van der Waals surface area contributed by atoms with Gasteiger partial charge in [0.2, 0.25) is 11.9 Å². The zero-order valence-corrected chi connectivity index (χ0v) is 18.9. The fraction of sp³-hybridized carbons (Fsp3) is 0.208. The summed E-state index contributed by atoms with van der Waals surface area (Å²) < 4.78 is 0.904. The average molecular weight is 484 g/mol. The molecule has 3 aromatic heterocycles. The highest BCUT2D eigenvalue weighted by Crippen LogP contribution is 2.16. The van der Waals surface area contributed by atoms with Gasteiger partial charge in [-0.1, -0.05) is 5.92 Å². The molecule has 0 aliphatic carbocycles. The molecule has 0 saturated carbocycles. The van der Waals surface area contributed by atoms with Crippen molar-refractivity contribution in [3.63, 3.8) is 0 Å². The molecule has 12 heteroatoms. The maximum atomic E-state index is 12.3. The van der Waals surface area contributed by atoms with Gasteiger partial charge in [0.25, 0.3) is 0 Å². The van der Waals surface area contributed by atoms with Gasteiger partial charge >= 0.3 is 6.09 Å². The lowest BCUT2D eigenvalue weighted by Gasteiger charge is -2.15. The van der Waals surface area contributed by atoms with Gasteiger partial charge in [0.15, 0.2) is 5.82 Å². The van der Waals surface area contributed by atoms with E-state index in [1.807, 2.05) is 0 Å². The number of nitrogens with one attached hydrogen (secondary N) is 1. The van der Waals surface area contributed by atoms with E-state index in [9.17, 15) is 14.7 Å². The molecule has 0 radical (unpaired) electrons. The maximum absolute atomic E-state index is 12.3. The van der Waals surface area contributed by atoms with E-state index < -0.39 is 12.2 Å². The Hall–Kier alpha value is -4.89. The van der Waals surface area contributed by atoms with Crippen LogP contribution < -0.4 is 5.32 Å². The summed E-state index contributed by atoms with van der Waals surface area (Å²) in [5, 5.41) is 26.2. The number of likely N-dealkylation sites (tertiary alicyclic amines) is 1. The molecule has 1 atom stereocenters. The summed E-state index contributed by atoms with van der Waals surface area (Å²) in [5.74, 6) is 6.47. The highest BCUT2D eigenvalue weighted by molar-refractivity contribution is 5.87. The first-order valence-electron chi connectivity index (χ1n) is 11.1. The third-order valence-electron chi connectivity index (χ3n) is 5.54. The molecular formula is C24H20N8O4. The van der Waals surface area contributed by atoms with Crippen LogP contribution in [0.2, 0.25) is 0 Å². The molecule has 0 spiro atoms. The second-order valence-corrected chi connectivity index (χ2v) is 8.03. The van der Waals surface area contributed by atoms with Crippen LogP contribution in [0.15, 0.2) is 48.9 Å². The Morgan fingerprint density at radius 3 is 2.78 bits per heavy atom. The molecule has 1 aliphatic heterocycles. The minimum Gasteiger partial charge on any atom is -0.463 e. The number of aliphatic hydroxyl groups excluding tert-OH is 1. The summed E-state index contributed by atoms with van der Waals surface area (Å²) in [6.45, 7) is 0.880. The third kappa shape index (κ3) is 4.96. The lowest BCUT2D eigenvalue weighted by atomic mass is 10.1. The molecule has 4 aromatic rings. The summed E-state index contributed by atoms with van der Waals surface area (Å²) in [7, 11) is 0. The number of carbonyl (C=O) groups is 2. The second kappa shape index (κ2) is 9.77. The minimum atomic E-state index is -1.15. The number of anilines is 1. The number of amides is 1. The summed E-state index contributed by atoms with van der Waals surface area (Å²) in [6.07, 6.45) is 3.55. The lowest BCUT2D eigenvalue weighted by molar-refractivity contribution is -0.128. The van der Waals surface area contributed by atoms with Crippen molar-refractivity contribution >= 4 is 28.9 Å². The van der Waals surface area contributed by atoms with E-state index in [4.69, 9.17) is 5.11 Å². The van der Waals surface area contributed by atoms with E-state index in [0.29, 0.717) is 53.2 Å². The fourth-order valence-electron chi connectivity index (χ4n) is 3.75. The van der Waals surface area contributed by atoms with Gasteiger partial charge in [0.05, 0.1) is 24.4 Å². The summed E-state index contributed by atoms with van der Waals surface area (Å²) in [4.78, 5) is 42.3. The fourth-order valence-corrected chi connectivity index (χ4v) is 3.75. The molecule has 1 unspecified atom stereocenters. The number of aromatic nitrogens is 6. The number of nitrogens with zero attached hydrogens (tertiary/aromatic N) is 7. The number of aliphatic hydroxyl groups is 1. The molecule has 4 heterocycles. The van der Waals surface area contributed by atoms with Crippen LogP contribution in [0.25, 0.3) is 22.4 Å². The highest BCUT2D eigenvalue weighted by Gasteiger charge is 2.24. The Labute approximate surface area is 204 Å². The van der Waals surface area contributed by atoms with Crippen LogP contribution >= 0.6 is 0 Å². The number of rotatable bonds is 4. The summed E-state index contributed by atoms with van der Waals surface area (Å²) >= 11 is 0. The zero-order chi connectivity index (χ0) is 25.1. The van der Waals surface area contributed by atoms with E-state index in [2.05, 4.69) is 42.2 Å². The molecule has 36 heavy (non-hydrogen) atoms. The molecule has 12 nitrogen and oxygen atoms in total. The third-order valence-corrected chi connectivity index (χ3v) is 5.54. The number of carboxylic acid groups (broad SMARTS) is 1.